The molecule has 2 aromatic carbocycles. The largest absolute Gasteiger partial charge is 0.352 e. The number of carbonyl (C=O) groups is 1. The van der Waals surface area contributed by atoms with Gasteiger partial charge in [-0.15, -0.1) is 0 Å². The Kier molecular flexibility index (Phi) is 6.70. The van der Waals surface area contributed by atoms with Crippen molar-refractivity contribution in [3.63, 3.8) is 0 Å². The minimum absolute atomic E-state index is 0.0141. The summed E-state index contributed by atoms with van der Waals surface area (Å²) in [6.45, 7) is 9.36. The van der Waals surface area contributed by atoms with Gasteiger partial charge in [-0.2, -0.15) is 4.98 Å². The van der Waals surface area contributed by atoms with E-state index in [1.54, 1.807) is 0 Å². The Morgan fingerprint density at radius 2 is 1.88 bits per heavy atom. The van der Waals surface area contributed by atoms with Crippen LogP contribution in [0.1, 0.15) is 50.6 Å². The smallest absolute Gasteiger partial charge is 0.241 e. The molecule has 0 aliphatic carbocycles. The van der Waals surface area contributed by atoms with E-state index in [9.17, 15) is 4.79 Å². The molecule has 6 heteroatoms. The fourth-order valence-corrected chi connectivity index (χ4v) is 4.09. The summed E-state index contributed by atoms with van der Waals surface area (Å²) in [4.78, 5) is 19.5. The number of nitrogens with zero attached hydrogens (tertiary/aromatic N) is 3. The number of amides is 1. The van der Waals surface area contributed by atoms with E-state index in [0.29, 0.717) is 31.3 Å². The molecule has 2 heterocycles. The molecule has 168 valence electrons. The van der Waals surface area contributed by atoms with Gasteiger partial charge < -0.3 is 9.84 Å². The molecular weight excluding hydrogens is 400 g/mol. The fourth-order valence-electron chi connectivity index (χ4n) is 4.09. The summed E-state index contributed by atoms with van der Waals surface area (Å²) in [5.74, 6) is 1.29. The van der Waals surface area contributed by atoms with Crippen LogP contribution in [0.3, 0.4) is 0 Å². The molecule has 1 aromatic heterocycles. The van der Waals surface area contributed by atoms with Gasteiger partial charge in [0.15, 0.2) is 0 Å². The third-order valence-electron chi connectivity index (χ3n) is 6.02. The third kappa shape index (κ3) is 5.62. The lowest BCUT2D eigenvalue weighted by atomic mass is 9.87. The zero-order valence-corrected chi connectivity index (χ0v) is 19.2. The maximum absolute atomic E-state index is 12.7. The molecule has 4 rings (SSSR count). The van der Waals surface area contributed by atoms with Crippen LogP contribution in [0.25, 0.3) is 11.4 Å². The molecule has 32 heavy (non-hydrogen) atoms. The summed E-state index contributed by atoms with van der Waals surface area (Å²) in [6.07, 6.45) is 1.89. The zero-order chi connectivity index (χ0) is 22.6. The highest BCUT2D eigenvalue weighted by Crippen LogP contribution is 2.25. The molecule has 1 amide bonds. The average molecular weight is 433 g/mol. The van der Waals surface area contributed by atoms with Gasteiger partial charge in [0.1, 0.15) is 0 Å². The van der Waals surface area contributed by atoms with E-state index >= 15 is 0 Å². The van der Waals surface area contributed by atoms with E-state index in [4.69, 9.17) is 4.52 Å². The number of likely N-dealkylation sites (tertiary alicyclic amines) is 1. The highest BCUT2D eigenvalue weighted by atomic mass is 16.5. The molecular formula is C26H32N4O2. The van der Waals surface area contributed by atoms with Crippen LogP contribution in [0.4, 0.5) is 0 Å². The summed E-state index contributed by atoms with van der Waals surface area (Å²) >= 11 is 0. The van der Waals surface area contributed by atoms with Crippen LogP contribution in [0, 0.1) is 5.92 Å². The van der Waals surface area contributed by atoms with Crippen LogP contribution >= 0.6 is 0 Å². The van der Waals surface area contributed by atoms with Crippen LogP contribution < -0.4 is 5.32 Å². The van der Waals surface area contributed by atoms with Gasteiger partial charge in [0.2, 0.25) is 17.6 Å². The van der Waals surface area contributed by atoms with E-state index in [0.717, 1.165) is 30.5 Å². The van der Waals surface area contributed by atoms with Crippen molar-refractivity contribution in [3.05, 3.63) is 71.6 Å². The van der Waals surface area contributed by atoms with Gasteiger partial charge in [0.25, 0.3) is 0 Å². The first kappa shape index (κ1) is 22.2. The van der Waals surface area contributed by atoms with Crippen molar-refractivity contribution >= 4 is 5.91 Å². The maximum atomic E-state index is 12.7. The lowest BCUT2D eigenvalue weighted by molar-refractivity contribution is -0.127. The number of benzene rings is 2. The van der Waals surface area contributed by atoms with Gasteiger partial charge in [-0.05, 0) is 35.9 Å². The number of nitrogens with one attached hydrogen (secondary N) is 1. The topological polar surface area (TPSA) is 71.3 Å². The van der Waals surface area contributed by atoms with Gasteiger partial charge in [-0.25, -0.2) is 0 Å². The lowest BCUT2D eigenvalue weighted by Gasteiger charge is -2.30. The maximum Gasteiger partial charge on any atom is 0.241 e. The average Bonchev–Trinajstić information content (AvgIpc) is 3.26. The van der Waals surface area contributed by atoms with Crippen LogP contribution in [0.15, 0.2) is 59.1 Å². The zero-order valence-electron chi connectivity index (χ0n) is 19.2. The summed E-state index contributed by atoms with van der Waals surface area (Å²) in [7, 11) is 0. The minimum atomic E-state index is -0.0141. The van der Waals surface area contributed by atoms with Crippen molar-refractivity contribution in [2.75, 3.05) is 13.1 Å². The molecule has 0 saturated carbocycles. The minimum Gasteiger partial charge on any atom is -0.352 e. The normalized spacial score (nSPS) is 17.3. The Morgan fingerprint density at radius 3 is 2.59 bits per heavy atom. The van der Waals surface area contributed by atoms with Crippen molar-refractivity contribution in [2.45, 2.75) is 52.1 Å². The number of hydrogen-bond donors (Lipinski definition) is 1. The molecule has 0 radical (unpaired) electrons. The van der Waals surface area contributed by atoms with Crippen molar-refractivity contribution in [1.29, 1.82) is 0 Å². The molecule has 0 spiro atoms. The molecule has 6 nitrogen and oxygen atoms in total. The molecule has 1 aliphatic heterocycles. The van der Waals surface area contributed by atoms with E-state index < -0.39 is 0 Å². The molecule has 1 atom stereocenters. The van der Waals surface area contributed by atoms with Gasteiger partial charge >= 0.3 is 0 Å². The Bertz CT molecular complexity index is 1020. The predicted octanol–water partition coefficient (Wildman–Crippen LogP) is 4.56. The molecule has 1 unspecified atom stereocenters. The number of carbonyl (C=O) groups excluding carboxylic acids is 1. The molecule has 1 saturated heterocycles. The molecule has 3 aromatic rings. The first-order valence-corrected chi connectivity index (χ1v) is 11.4. The highest BCUT2D eigenvalue weighted by Gasteiger charge is 2.27. The Labute approximate surface area is 190 Å². The van der Waals surface area contributed by atoms with E-state index in [2.05, 4.69) is 53.3 Å². The standard InChI is InChI=1S/C26H32N4O2/c1-26(2,3)22-13-11-20(12-14-22)24-28-23(32-29-24)18-30-15-7-10-21(17-30)25(31)27-16-19-8-5-4-6-9-19/h4-6,8-9,11-14,21H,7,10,15-18H2,1-3H3,(H,27,31). The van der Waals surface area contributed by atoms with Crippen LogP contribution in [-0.2, 0) is 23.3 Å². The van der Waals surface area contributed by atoms with Gasteiger partial charge in [0.05, 0.1) is 12.5 Å². The van der Waals surface area contributed by atoms with E-state index in [-0.39, 0.29) is 17.2 Å². The Balaban J connectivity index is 1.32. The van der Waals surface area contributed by atoms with Crippen LogP contribution in [0.2, 0.25) is 0 Å². The third-order valence-corrected chi connectivity index (χ3v) is 6.02. The quantitative estimate of drug-likeness (QED) is 0.618. The van der Waals surface area contributed by atoms with Crippen LogP contribution in [-0.4, -0.2) is 34.0 Å². The van der Waals surface area contributed by atoms with Crippen molar-refractivity contribution in [3.8, 4) is 11.4 Å². The summed E-state index contributed by atoms with van der Waals surface area (Å²) in [5, 5.41) is 7.25. The molecule has 1 N–H and O–H groups in total. The van der Waals surface area contributed by atoms with Crippen molar-refractivity contribution in [1.82, 2.24) is 20.4 Å². The first-order valence-electron chi connectivity index (χ1n) is 11.4. The molecule has 1 aliphatic rings. The van der Waals surface area contributed by atoms with E-state index in [1.165, 1.54) is 5.56 Å². The highest BCUT2D eigenvalue weighted by molar-refractivity contribution is 5.79. The van der Waals surface area contributed by atoms with Crippen molar-refractivity contribution in [2.24, 2.45) is 5.92 Å². The Hall–Kier alpha value is -2.99. The number of rotatable bonds is 6. The monoisotopic (exact) mass is 432 g/mol. The Morgan fingerprint density at radius 1 is 1.12 bits per heavy atom. The number of piperidine rings is 1. The fraction of sp³-hybridized carbons (Fsp3) is 0.423. The second-order valence-corrected chi connectivity index (χ2v) is 9.62. The molecule has 0 bridgehead atoms. The molecule has 1 fully saturated rings. The summed E-state index contributed by atoms with van der Waals surface area (Å²) < 4.78 is 5.52. The predicted molar refractivity (Wildman–Crippen MR) is 125 cm³/mol. The van der Waals surface area contributed by atoms with Gasteiger partial charge in [-0.3, -0.25) is 9.69 Å². The van der Waals surface area contributed by atoms with Crippen LogP contribution in [0.5, 0.6) is 0 Å². The number of hydrogen-bond acceptors (Lipinski definition) is 5. The number of aromatic nitrogens is 2. The summed E-state index contributed by atoms with van der Waals surface area (Å²) in [6, 6.07) is 18.3. The van der Waals surface area contributed by atoms with E-state index in [1.807, 2.05) is 42.5 Å². The second kappa shape index (κ2) is 9.65. The second-order valence-electron chi connectivity index (χ2n) is 9.62. The van der Waals surface area contributed by atoms with Gasteiger partial charge in [0, 0.05) is 18.7 Å². The first-order chi connectivity index (χ1) is 15.4. The lowest BCUT2D eigenvalue weighted by Crippen LogP contribution is -2.42. The summed E-state index contributed by atoms with van der Waals surface area (Å²) in [5.41, 5.74) is 3.45. The SMILES string of the molecule is CC(C)(C)c1ccc(-c2noc(CN3CCCC(C(=O)NCc4ccccc4)C3)n2)cc1. The van der Waals surface area contributed by atoms with Crippen molar-refractivity contribution < 1.29 is 9.32 Å². The van der Waals surface area contributed by atoms with Gasteiger partial charge in [-0.1, -0.05) is 80.5 Å².